The monoisotopic (exact) mass is 248 g/mol. The number of carbonyl (C=O) groups is 1. The third-order valence-corrected chi connectivity index (χ3v) is 2.73. The number of carboxylic acids is 1. The van der Waals surface area contributed by atoms with Gasteiger partial charge in [-0.15, -0.1) is 0 Å². The number of rotatable bonds is 5. The Labute approximate surface area is 105 Å². The quantitative estimate of drug-likeness (QED) is 0.821. The van der Waals surface area contributed by atoms with Gasteiger partial charge in [0.2, 0.25) is 0 Å². The van der Waals surface area contributed by atoms with Crippen LogP contribution >= 0.6 is 0 Å². The number of hydrogen-bond donors (Lipinski definition) is 1. The van der Waals surface area contributed by atoms with Gasteiger partial charge >= 0.3 is 5.97 Å². The summed E-state index contributed by atoms with van der Waals surface area (Å²) in [4.78, 5) is 11.0. The Hall–Kier alpha value is -1.97. The van der Waals surface area contributed by atoms with Gasteiger partial charge in [-0.25, -0.2) is 4.79 Å². The van der Waals surface area contributed by atoms with Crippen molar-refractivity contribution < 1.29 is 19.1 Å². The minimum absolute atomic E-state index is 0.184. The Morgan fingerprint density at radius 2 is 2.17 bits per heavy atom. The molecule has 0 spiro atoms. The minimum Gasteiger partial charge on any atom is -0.493 e. The Morgan fingerprint density at radius 1 is 1.39 bits per heavy atom. The molecule has 0 atom stereocenters. The lowest BCUT2D eigenvalue weighted by atomic mass is 10.1. The van der Waals surface area contributed by atoms with Crippen LogP contribution in [0.15, 0.2) is 22.6 Å². The minimum atomic E-state index is -0.980. The first kappa shape index (κ1) is 12.5. The van der Waals surface area contributed by atoms with Crippen molar-refractivity contribution in [2.45, 2.75) is 26.7 Å². The molecule has 0 aliphatic rings. The van der Waals surface area contributed by atoms with E-state index in [1.54, 1.807) is 6.07 Å². The molecule has 2 aromatic rings. The van der Waals surface area contributed by atoms with Gasteiger partial charge in [-0.3, -0.25) is 0 Å². The van der Waals surface area contributed by atoms with Crippen molar-refractivity contribution in [1.29, 1.82) is 0 Å². The van der Waals surface area contributed by atoms with Gasteiger partial charge in [0, 0.05) is 0 Å². The molecular formula is C14H16O4. The molecular weight excluding hydrogens is 232 g/mol. The Balaban J connectivity index is 2.43. The van der Waals surface area contributed by atoms with E-state index in [-0.39, 0.29) is 5.56 Å². The molecule has 2 rings (SSSR count). The first-order valence-corrected chi connectivity index (χ1v) is 6.02. The standard InChI is InChI=1S/C14H16O4/c1-3-4-5-17-12-7-10(14(15)16)8-13-11(12)6-9(2)18-13/h6-8H,3-5H2,1-2H3,(H,15,16). The van der Waals surface area contributed by atoms with Crippen LogP contribution in [0, 0.1) is 6.92 Å². The van der Waals surface area contributed by atoms with Gasteiger partial charge in [-0.2, -0.15) is 0 Å². The van der Waals surface area contributed by atoms with E-state index in [1.165, 1.54) is 6.07 Å². The smallest absolute Gasteiger partial charge is 0.335 e. The van der Waals surface area contributed by atoms with E-state index in [1.807, 2.05) is 13.0 Å². The van der Waals surface area contributed by atoms with Crippen molar-refractivity contribution >= 4 is 16.9 Å². The molecule has 4 nitrogen and oxygen atoms in total. The van der Waals surface area contributed by atoms with Gasteiger partial charge in [0.25, 0.3) is 0 Å². The summed E-state index contributed by atoms with van der Waals surface area (Å²) in [6, 6.07) is 4.94. The summed E-state index contributed by atoms with van der Waals surface area (Å²) in [6.07, 6.45) is 1.97. The van der Waals surface area contributed by atoms with Gasteiger partial charge in [0.15, 0.2) is 0 Å². The van der Waals surface area contributed by atoms with E-state index >= 15 is 0 Å². The van der Waals surface area contributed by atoms with Crippen molar-refractivity contribution in [1.82, 2.24) is 0 Å². The predicted octanol–water partition coefficient (Wildman–Crippen LogP) is 3.62. The van der Waals surface area contributed by atoms with Crippen LogP contribution in [0.3, 0.4) is 0 Å². The van der Waals surface area contributed by atoms with Crippen LogP contribution in [0.25, 0.3) is 11.0 Å². The maximum Gasteiger partial charge on any atom is 0.335 e. The Bertz CT molecular complexity index is 568. The molecule has 0 fully saturated rings. The summed E-state index contributed by atoms with van der Waals surface area (Å²) < 4.78 is 11.1. The molecule has 0 radical (unpaired) electrons. The summed E-state index contributed by atoms with van der Waals surface area (Å²) in [6.45, 7) is 4.49. The maximum atomic E-state index is 11.0. The van der Waals surface area contributed by atoms with E-state index < -0.39 is 5.97 Å². The van der Waals surface area contributed by atoms with Gasteiger partial charge < -0.3 is 14.3 Å². The van der Waals surface area contributed by atoms with E-state index in [4.69, 9.17) is 14.3 Å². The van der Waals surface area contributed by atoms with E-state index in [2.05, 4.69) is 6.92 Å². The lowest BCUT2D eigenvalue weighted by Gasteiger charge is -2.07. The van der Waals surface area contributed by atoms with Gasteiger partial charge in [-0.05, 0) is 31.5 Å². The van der Waals surface area contributed by atoms with Gasteiger partial charge in [0.1, 0.15) is 17.1 Å². The topological polar surface area (TPSA) is 59.7 Å². The molecule has 96 valence electrons. The molecule has 1 heterocycles. The molecule has 1 aromatic carbocycles. The highest BCUT2D eigenvalue weighted by Gasteiger charge is 2.13. The summed E-state index contributed by atoms with van der Waals surface area (Å²) in [7, 11) is 0. The molecule has 0 aliphatic carbocycles. The number of unbranched alkanes of at least 4 members (excludes halogenated alkanes) is 1. The summed E-state index contributed by atoms with van der Waals surface area (Å²) in [5.74, 6) is 0.342. The van der Waals surface area contributed by atoms with Crippen LogP contribution in [0.5, 0.6) is 5.75 Å². The first-order valence-electron chi connectivity index (χ1n) is 6.02. The molecule has 0 unspecified atom stereocenters. The van der Waals surface area contributed by atoms with Crippen LogP contribution in [0.4, 0.5) is 0 Å². The molecule has 0 saturated heterocycles. The Morgan fingerprint density at radius 3 is 2.83 bits per heavy atom. The van der Waals surface area contributed by atoms with Crippen LogP contribution in [0.1, 0.15) is 35.9 Å². The summed E-state index contributed by atoms with van der Waals surface area (Å²) in [5, 5.41) is 9.88. The third-order valence-electron chi connectivity index (χ3n) is 2.73. The van der Waals surface area contributed by atoms with Crippen LogP contribution in [-0.4, -0.2) is 17.7 Å². The number of ether oxygens (including phenoxy) is 1. The Kier molecular flexibility index (Phi) is 3.55. The molecule has 1 aromatic heterocycles. The fraction of sp³-hybridized carbons (Fsp3) is 0.357. The van der Waals surface area contributed by atoms with Crippen molar-refractivity contribution in [3.63, 3.8) is 0 Å². The molecule has 0 amide bonds. The van der Waals surface area contributed by atoms with Gasteiger partial charge in [-0.1, -0.05) is 13.3 Å². The number of carboxylic acid groups (broad SMARTS) is 1. The highest BCUT2D eigenvalue weighted by Crippen LogP contribution is 2.30. The lowest BCUT2D eigenvalue weighted by molar-refractivity contribution is 0.0696. The van der Waals surface area contributed by atoms with Gasteiger partial charge in [0.05, 0.1) is 17.6 Å². The number of aromatic carboxylic acids is 1. The summed E-state index contributed by atoms with van der Waals surface area (Å²) >= 11 is 0. The van der Waals surface area contributed by atoms with E-state index in [9.17, 15) is 4.79 Å². The summed E-state index contributed by atoms with van der Waals surface area (Å²) in [5.41, 5.74) is 0.738. The zero-order valence-corrected chi connectivity index (χ0v) is 10.5. The fourth-order valence-electron chi connectivity index (χ4n) is 1.80. The molecule has 0 bridgehead atoms. The van der Waals surface area contributed by atoms with E-state index in [0.29, 0.717) is 17.9 Å². The number of fused-ring (bicyclic) bond motifs is 1. The normalized spacial score (nSPS) is 10.8. The highest BCUT2D eigenvalue weighted by molar-refractivity contribution is 5.95. The van der Waals surface area contributed by atoms with Crippen LogP contribution < -0.4 is 4.74 Å². The molecule has 4 heteroatoms. The number of furan rings is 1. The van der Waals surface area contributed by atoms with Crippen LogP contribution in [-0.2, 0) is 0 Å². The van der Waals surface area contributed by atoms with Crippen molar-refractivity contribution in [2.75, 3.05) is 6.61 Å². The number of benzene rings is 1. The SMILES string of the molecule is CCCCOc1cc(C(=O)O)cc2oc(C)cc12. The molecule has 0 aliphatic heterocycles. The van der Waals surface area contributed by atoms with Crippen molar-refractivity contribution in [3.8, 4) is 5.75 Å². The molecule has 0 saturated carbocycles. The highest BCUT2D eigenvalue weighted by atomic mass is 16.5. The van der Waals surface area contributed by atoms with Crippen LogP contribution in [0.2, 0.25) is 0 Å². The average Bonchev–Trinajstić information content (AvgIpc) is 2.69. The second-order valence-corrected chi connectivity index (χ2v) is 4.25. The van der Waals surface area contributed by atoms with Crippen molar-refractivity contribution in [3.05, 3.63) is 29.5 Å². The number of hydrogen-bond acceptors (Lipinski definition) is 3. The third kappa shape index (κ3) is 2.47. The zero-order valence-electron chi connectivity index (χ0n) is 10.5. The molecule has 1 N–H and O–H groups in total. The molecule has 18 heavy (non-hydrogen) atoms. The predicted molar refractivity (Wildman–Crippen MR) is 68.3 cm³/mol. The maximum absolute atomic E-state index is 11.0. The average molecular weight is 248 g/mol. The van der Waals surface area contributed by atoms with Crippen molar-refractivity contribution in [2.24, 2.45) is 0 Å². The fourth-order valence-corrected chi connectivity index (χ4v) is 1.80. The lowest BCUT2D eigenvalue weighted by Crippen LogP contribution is -2.00. The largest absolute Gasteiger partial charge is 0.493 e. The second kappa shape index (κ2) is 5.12. The number of aryl methyl sites for hydroxylation is 1. The van der Waals surface area contributed by atoms with E-state index in [0.717, 1.165) is 24.0 Å². The first-order chi connectivity index (χ1) is 8.61. The second-order valence-electron chi connectivity index (χ2n) is 4.25. The zero-order chi connectivity index (χ0) is 13.1.